The van der Waals surface area contributed by atoms with Crippen LogP contribution in [0.4, 0.5) is 0 Å². The van der Waals surface area contributed by atoms with Gasteiger partial charge in [0, 0.05) is 42.5 Å². The van der Waals surface area contributed by atoms with Crippen LogP contribution in [0.3, 0.4) is 0 Å². The van der Waals surface area contributed by atoms with E-state index < -0.39 is 0 Å². The number of hydrogen-bond acceptors (Lipinski definition) is 5. The number of nitrogens with zero attached hydrogens (tertiary/aromatic N) is 2. The molecule has 4 fully saturated rings. The second-order valence-electron chi connectivity index (χ2n) is 7.52. The molecule has 0 aromatic rings. The molecule has 3 aliphatic heterocycles. The second kappa shape index (κ2) is 6.98. The van der Waals surface area contributed by atoms with Crippen molar-refractivity contribution in [2.75, 3.05) is 33.4 Å². The molecule has 22 heavy (non-hydrogen) atoms. The minimum Gasteiger partial charge on any atom is -0.378 e. The maximum Gasteiger partial charge on any atom is 0.0623 e. The summed E-state index contributed by atoms with van der Waals surface area (Å²) in [6.45, 7) is 4.41. The fraction of sp³-hybridized carbons (Fsp3) is 1.00. The first-order chi connectivity index (χ1) is 10.8. The van der Waals surface area contributed by atoms with Gasteiger partial charge in [-0.25, -0.2) is 4.31 Å². The van der Waals surface area contributed by atoms with Gasteiger partial charge in [0.1, 0.15) is 0 Å². The zero-order valence-electron chi connectivity index (χ0n) is 13.9. The minimum atomic E-state index is 0.545. The Morgan fingerprint density at radius 2 is 1.82 bits per heavy atom. The van der Waals surface area contributed by atoms with Crippen LogP contribution in [0.5, 0.6) is 0 Å². The summed E-state index contributed by atoms with van der Waals surface area (Å²) in [6, 6.07) is 2.78. The first-order valence-corrected chi connectivity index (χ1v) is 10.1. The Bertz CT molecular complexity index is 377. The van der Waals surface area contributed by atoms with Crippen LogP contribution in [0.15, 0.2) is 0 Å². The molecular formula is C17H31N3OS. The maximum atomic E-state index is 5.86. The summed E-state index contributed by atoms with van der Waals surface area (Å²) in [5.41, 5.74) is 0. The second-order valence-corrected chi connectivity index (χ2v) is 8.86. The van der Waals surface area contributed by atoms with E-state index >= 15 is 0 Å². The van der Waals surface area contributed by atoms with Gasteiger partial charge in [-0.1, -0.05) is 24.8 Å². The van der Waals surface area contributed by atoms with Crippen LogP contribution in [-0.2, 0) is 4.74 Å². The van der Waals surface area contributed by atoms with Gasteiger partial charge in [0.25, 0.3) is 0 Å². The standard InChI is InChI=1S/C17H31N3OS/c1-18-13-10-14(12-21-11-13)19-8-6-17-16(19)7-9-20(17)22-15-4-2-3-5-15/h13-18H,2-12H2,1H3. The van der Waals surface area contributed by atoms with Gasteiger partial charge in [-0.05, 0) is 39.2 Å². The lowest BCUT2D eigenvalue weighted by atomic mass is 10.0. The third kappa shape index (κ3) is 3.07. The predicted octanol–water partition coefficient (Wildman–Crippen LogP) is 2.10. The molecule has 1 saturated carbocycles. The number of nitrogens with one attached hydrogen (secondary N) is 1. The van der Waals surface area contributed by atoms with E-state index in [4.69, 9.17) is 4.74 Å². The van der Waals surface area contributed by atoms with Crippen molar-refractivity contribution in [3.63, 3.8) is 0 Å². The Labute approximate surface area is 139 Å². The molecule has 0 bridgehead atoms. The number of likely N-dealkylation sites (tertiary alicyclic amines) is 1. The zero-order chi connectivity index (χ0) is 14.9. The van der Waals surface area contributed by atoms with Gasteiger partial charge < -0.3 is 10.1 Å². The smallest absolute Gasteiger partial charge is 0.0623 e. The van der Waals surface area contributed by atoms with Crippen molar-refractivity contribution < 1.29 is 4.74 Å². The first-order valence-electron chi connectivity index (χ1n) is 9.29. The molecule has 0 spiro atoms. The van der Waals surface area contributed by atoms with E-state index in [1.165, 1.54) is 58.0 Å². The number of rotatable bonds is 4. The molecule has 4 nitrogen and oxygen atoms in total. The molecule has 1 aliphatic carbocycles. The number of likely N-dealkylation sites (N-methyl/N-ethyl adjacent to an activating group) is 1. The third-order valence-electron chi connectivity index (χ3n) is 6.22. The van der Waals surface area contributed by atoms with Crippen LogP contribution in [0.1, 0.15) is 44.9 Å². The molecule has 126 valence electrons. The Hall–Kier alpha value is 0.190. The van der Waals surface area contributed by atoms with Gasteiger partial charge in [0.15, 0.2) is 0 Å². The van der Waals surface area contributed by atoms with Crippen LogP contribution < -0.4 is 5.32 Å². The monoisotopic (exact) mass is 325 g/mol. The molecular weight excluding hydrogens is 294 g/mol. The number of hydrogen-bond donors (Lipinski definition) is 1. The summed E-state index contributed by atoms with van der Waals surface area (Å²) in [5.74, 6) is 0. The molecule has 0 radical (unpaired) electrons. The molecule has 3 heterocycles. The fourth-order valence-corrected chi connectivity index (χ4v) is 6.53. The molecule has 4 unspecified atom stereocenters. The minimum absolute atomic E-state index is 0.545. The van der Waals surface area contributed by atoms with Crippen LogP contribution >= 0.6 is 11.9 Å². The predicted molar refractivity (Wildman–Crippen MR) is 92.1 cm³/mol. The van der Waals surface area contributed by atoms with E-state index in [9.17, 15) is 0 Å². The number of ether oxygens (including phenoxy) is 1. The van der Waals surface area contributed by atoms with Crippen molar-refractivity contribution in [1.82, 2.24) is 14.5 Å². The van der Waals surface area contributed by atoms with Gasteiger partial charge in [0.2, 0.25) is 0 Å². The van der Waals surface area contributed by atoms with Gasteiger partial charge in [-0.15, -0.1) is 0 Å². The lowest BCUT2D eigenvalue weighted by Gasteiger charge is -2.38. The van der Waals surface area contributed by atoms with Crippen LogP contribution in [-0.4, -0.2) is 72.0 Å². The average Bonchev–Trinajstić information content (AvgIpc) is 3.26. The van der Waals surface area contributed by atoms with E-state index in [0.717, 1.165) is 30.5 Å². The molecule has 3 saturated heterocycles. The SMILES string of the molecule is CNC1COCC(N2CCC3C2CCN3SC2CCCC2)C1. The summed E-state index contributed by atoms with van der Waals surface area (Å²) >= 11 is 2.21. The lowest BCUT2D eigenvalue weighted by molar-refractivity contribution is -0.00370. The van der Waals surface area contributed by atoms with Crippen LogP contribution in [0, 0.1) is 0 Å². The molecule has 0 aromatic carbocycles. The van der Waals surface area contributed by atoms with E-state index in [2.05, 4.69) is 33.5 Å². The average molecular weight is 326 g/mol. The molecule has 0 amide bonds. The highest BCUT2D eigenvalue weighted by Crippen LogP contribution is 2.41. The third-order valence-corrected chi connectivity index (χ3v) is 7.71. The van der Waals surface area contributed by atoms with E-state index in [0.29, 0.717) is 12.1 Å². The van der Waals surface area contributed by atoms with E-state index in [-0.39, 0.29) is 0 Å². The zero-order valence-corrected chi connectivity index (χ0v) is 14.7. The fourth-order valence-electron chi connectivity index (χ4n) is 4.99. The van der Waals surface area contributed by atoms with Crippen LogP contribution in [0.2, 0.25) is 0 Å². The van der Waals surface area contributed by atoms with Gasteiger partial charge in [-0.2, -0.15) is 0 Å². The van der Waals surface area contributed by atoms with Crippen molar-refractivity contribution in [3.05, 3.63) is 0 Å². The topological polar surface area (TPSA) is 27.7 Å². The molecule has 0 aromatic heterocycles. The highest BCUT2D eigenvalue weighted by Gasteiger charge is 2.46. The van der Waals surface area contributed by atoms with Gasteiger partial charge >= 0.3 is 0 Å². The van der Waals surface area contributed by atoms with E-state index in [1.807, 2.05) is 0 Å². The molecule has 4 aliphatic rings. The van der Waals surface area contributed by atoms with Crippen molar-refractivity contribution in [1.29, 1.82) is 0 Å². The van der Waals surface area contributed by atoms with Gasteiger partial charge in [0.05, 0.1) is 13.2 Å². The summed E-state index contributed by atoms with van der Waals surface area (Å²) < 4.78 is 8.62. The van der Waals surface area contributed by atoms with Crippen molar-refractivity contribution >= 4 is 11.9 Å². The molecule has 4 rings (SSSR count). The largest absolute Gasteiger partial charge is 0.378 e. The normalized spacial score (nSPS) is 41.3. The maximum absolute atomic E-state index is 5.86. The van der Waals surface area contributed by atoms with Crippen molar-refractivity contribution in [2.45, 2.75) is 74.4 Å². The highest BCUT2D eigenvalue weighted by atomic mass is 32.2. The Kier molecular flexibility index (Phi) is 4.98. The molecule has 1 N–H and O–H groups in total. The van der Waals surface area contributed by atoms with E-state index in [1.54, 1.807) is 0 Å². The molecule has 4 atom stereocenters. The summed E-state index contributed by atoms with van der Waals surface area (Å²) in [4.78, 5) is 2.80. The number of fused-ring (bicyclic) bond motifs is 1. The summed E-state index contributed by atoms with van der Waals surface area (Å²) in [7, 11) is 2.07. The van der Waals surface area contributed by atoms with Crippen molar-refractivity contribution in [3.8, 4) is 0 Å². The Morgan fingerprint density at radius 1 is 1.00 bits per heavy atom. The van der Waals surface area contributed by atoms with Crippen LogP contribution in [0.25, 0.3) is 0 Å². The van der Waals surface area contributed by atoms with Gasteiger partial charge in [-0.3, -0.25) is 4.90 Å². The van der Waals surface area contributed by atoms with Crippen molar-refractivity contribution in [2.24, 2.45) is 0 Å². The first kappa shape index (κ1) is 15.7. The Balaban J connectivity index is 1.35. The summed E-state index contributed by atoms with van der Waals surface area (Å²) in [5, 5.41) is 4.32. The quantitative estimate of drug-likeness (QED) is 0.799. The highest BCUT2D eigenvalue weighted by molar-refractivity contribution is 7.97. The summed E-state index contributed by atoms with van der Waals surface area (Å²) in [6.07, 6.45) is 9.80. The molecule has 5 heteroatoms. The lowest BCUT2D eigenvalue weighted by Crippen LogP contribution is -2.51. The Morgan fingerprint density at radius 3 is 2.64 bits per heavy atom.